The number of hydrogen-bond acceptors (Lipinski definition) is 1. The molecule has 0 saturated carbocycles. The van der Waals surface area contributed by atoms with E-state index in [1.165, 1.54) is 29.3 Å². The van der Waals surface area contributed by atoms with E-state index in [0.29, 0.717) is 6.04 Å². The largest absolute Gasteiger partial charge is 0.344 e. The van der Waals surface area contributed by atoms with Gasteiger partial charge in [0, 0.05) is 42.1 Å². The van der Waals surface area contributed by atoms with Crippen molar-refractivity contribution >= 4 is 10.9 Å². The van der Waals surface area contributed by atoms with Gasteiger partial charge in [0.1, 0.15) is 0 Å². The van der Waals surface area contributed by atoms with Crippen LogP contribution in [0.2, 0.25) is 0 Å². The van der Waals surface area contributed by atoms with Gasteiger partial charge in [0.25, 0.3) is 0 Å². The number of aromatic nitrogens is 1. The zero-order valence-electron chi connectivity index (χ0n) is 14.7. The molecule has 24 heavy (non-hydrogen) atoms. The van der Waals surface area contributed by atoms with E-state index in [1.54, 1.807) is 11.3 Å². The maximum atomic E-state index is 2.59. The lowest BCUT2D eigenvalue weighted by Gasteiger charge is -2.33. The van der Waals surface area contributed by atoms with Crippen LogP contribution in [0.3, 0.4) is 0 Å². The Morgan fingerprint density at radius 2 is 1.75 bits per heavy atom. The summed E-state index contributed by atoms with van der Waals surface area (Å²) in [6.07, 6.45) is 3.49. The van der Waals surface area contributed by atoms with Gasteiger partial charge < -0.3 is 4.57 Å². The van der Waals surface area contributed by atoms with Crippen LogP contribution >= 0.6 is 0 Å². The van der Waals surface area contributed by atoms with Gasteiger partial charge in [-0.15, -0.1) is 0 Å². The molecule has 0 fully saturated rings. The Morgan fingerprint density at radius 1 is 1.00 bits per heavy atom. The zero-order chi connectivity index (χ0) is 16.5. The molecular formula is C22H26N2. The van der Waals surface area contributed by atoms with Crippen LogP contribution in [0.4, 0.5) is 0 Å². The number of para-hydroxylation sites is 1. The molecular weight excluding hydrogens is 292 g/mol. The second-order valence-electron chi connectivity index (χ2n) is 7.01. The van der Waals surface area contributed by atoms with Crippen molar-refractivity contribution in [2.45, 2.75) is 45.3 Å². The van der Waals surface area contributed by atoms with Crippen LogP contribution in [-0.2, 0) is 25.9 Å². The van der Waals surface area contributed by atoms with E-state index in [1.807, 2.05) is 0 Å². The van der Waals surface area contributed by atoms with Crippen molar-refractivity contribution in [2.24, 2.45) is 0 Å². The standard InChI is InChI=1S/C22H26N2/c1-3-18-15-22-20(16-23(18)2)19-11-7-8-12-21(19)24(22)14-13-17-9-5-4-6-10-17/h4-12,18H,3,13-16H2,1-2H3. The maximum absolute atomic E-state index is 2.59. The Balaban J connectivity index is 1.74. The average molecular weight is 318 g/mol. The molecule has 124 valence electrons. The fraction of sp³-hybridized carbons (Fsp3) is 0.364. The third kappa shape index (κ3) is 2.65. The Morgan fingerprint density at radius 3 is 2.54 bits per heavy atom. The molecule has 1 aliphatic heterocycles. The first-order valence-corrected chi connectivity index (χ1v) is 9.11. The van der Waals surface area contributed by atoms with E-state index in [2.05, 4.69) is 78.0 Å². The average Bonchev–Trinajstić information content (AvgIpc) is 2.93. The molecule has 4 rings (SSSR count). The van der Waals surface area contributed by atoms with Crippen molar-refractivity contribution in [3.05, 3.63) is 71.4 Å². The van der Waals surface area contributed by atoms with E-state index in [-0.39, 0.29) is 0 Å². The number of aryl methyl sites for hydroxylation is 2. The van der Waals surface area contributed by atoms with Gasteiger partial charge in [0.05, 0.1) is 0 Å². The minimum atomic E-state index is 0.664. The first kappa shape index (κ1) is 15.5. The normalized spacial score (nSPS) is 18.0. The smallest absolute Gasteiger partial charge is 0.0486 e. The molecule has 0 aliphatic carbocycles. The molecule has 0 amide bonds. The molecule has 2 heterocycles. The van der Waals surface area contributed by atoms with Crippen LogP contribution in [-0.4, -0.2) is 22.6 Å². The first-order valence-electron chi connectivity index (χ1n) is 9.11. The Labute approximate surface area is 144 Å². The predicted molar refractivity (Wildman–Crippen MR) is 101 cm³/mol. The van der Waals surface area contributed by atoms with Crippen molar-refractivity contribution in [2.75, 3.05) is 7.05 Å². The van der Waals surface area contributed by atoms with Crippen LogP contribution < -0.4 is 0 Å². The van der Waals surface area contributed by atoms with Gasteiger partial charge in [-0.3, -0.25) is 4.90 Å². The van der Waals surface area contributed by atoms with Gasteiger partial charge >= 0.3 is 0 Å². The van der Waals surface area contributed by atoms with Crippen LogP contribution in [0.5, 0.6) is 0 Å². The summed E-state index contributed by atoms with van der Waals surface area (Å²) < 4.78 is 2.59. The van der Waals surface area contributed by atoms with Crippen LogP contribution in [0, 0.1) is 0 Å². The Kier molecular flexibility index (Phi) is 4.15. The second kappa shape index (κ2) is 6.45. The SMILES string of the molecule is CCC1Cc2c(c3ccccc3n2CCc2ccccc2)CN1C. The molecule has 3 aromatic rings. The number of hydrogen-bond donors (Lipinski definition) is 0. The number of fused-ring (bicyclic) bond motifs is 3. The molecule has 2 nitrogen and oxygen atoms in total. The van der Waals surface area contributed by atoms with Gasteiger partial charge in [-0.05, 0) is 37.1 Å². The Hall–Kier alpha value is -2.06. The number of rotatable bonds is 4. The fourth-order valence-electron chi connectivity index (χ4n) is 4.19. The van der Waals surface area contributed by atoms with Gasteiger partial charge in [0.15, 0.2) is 0 Å². The molecule has 0 saturated heterocycles. The molecule has 2 aromatic carbocycles. The third-order valence-electron chi connectivity index (χ3n) is 5.59. The highest BCUT2D eigenvalue weighted by Gasteiger charge is 2.27. The highest BCUT2D eigenvalue weighted by molar-refractivity contribution is 5.85. The summed E-state index contributed by atoms with van der Waals surface area (Å²) in [5.41, 5.74) is 5.94. The Bertz CT molecular complexity index is 832. The summed E-state index contributed by atoms with van der Waals surface area (Å²) >= 11 is 0. The lowest BCUT2D eigenvalue weighted by Crippen LogP contribution is -2.37. The highest BCUT2D eigenvalue weighted by Crippen LogP contribution is 2.33. The summed E-state index contributed by atoms with van der Waals surface area (Å²) in [5, 5.41) is 1.45. The molecule has 0 bridgehead atoms. The lowest BCUT2D eigenvalue weighted by atomic mass is 9.97. The summed E-state index contributed by atoms with van der Waals surface area (Å²) in [6.45, 7) is 4.45. The topological polar surface area (TPSA) is 8.17 Å². The fourth-order valence-corrected chi connectivity index (χ4v) is 4.19. The minimum absolute atomic E-state index is 0.664. The number of nitrogens with zero attached hydrogens (tertiary/aromatic N) is 2. The highest BCUT2D eigenvalue weighted by atomic mass is 15.1. The van der Waals surface area contributed by atoms with Crippen LogP contribution in [0.25, 0.3) is 10.9 Å². The van der Waals surface area contributed by atoms with Gasteiger partial charge in [-0.2, -0.15) is 0 Å². The zero-order valence-corrected chi connectivity index (χ0v) is 14.7. The molecule has 0 N–H and O–H groups in total. The third-order valence-corrected chi connectivity index (χ3v) is 5.59. The van der Waals surface area contributed by atoms with Crippen molar-refractivity contribution in [1.82, 2.24) is 9.47 Å². The molecule has 2 heteroatoms. The van der Waals surface area contributed by atoms with E-state index >= 15 is 0 Å². The van der Waals surface area contributed by atoms with Crippen LogP contribution in [0.1, 0.15) is 30.2 Å². The monoisotopic (exact) mass is 318 g/mol. The van der Waals surface area contributed by atoms with Gasteiger partial charge in [-0.1, -0.05) is 55.5 Å². The van der Waals surface area contributed by atoms with Crippen molar-refractivity contribution < 1.29 is 0 Å². The van der Waals surface area contributed by atoms with Crippen LogP contribution in [0.15, 0.2) is 54.6 Å². The summed E-state index contributed by atoms with van der Waals surface area (Å²) in [5.74, 6) is 0. The molecule has 1 aromatic heterocycles. The summed E-state index contributed by atoms with van der Waals surface area (Å²) in [7, 11) is 2.27. The molecule has 0 radical (unpaired) electrons. The second-order valence-corrected chi connectivity index (χ2v) is 7.01. The van der Waals surface area contributed by atoms with E-state index in [4.69, 9.17) is 0 Å². The van der Waals surface area contributed by atoms with Gasteiger partial charge in [0.2, 0.25) is 0 Å². The number of likely N-dealkylation sites (N-methyl/N-ethyl adjacent to an activating group) is 1. The quantitative estimate of drug-likeness (QED) is 0.680. The maximum Gasteiger partial charge on any atom is 0.0486 e. The molecule has 1 aliphatic rings. The summed E-state index contributed by atoms with van der Waals surface area (Å²) in [4.78, 5) is 2.52. The van der Waals surface area contributed by atoms with Crippen molar-refractivity contribution in [3.63, 3.8) is 0 Å². The van der Waals surface area contributed by atoms with Gasteiger partial charge in [-0.25, -0.2) is 0 Å². The number of benzene rings is 2. The van der Waals surface area contributed by atoms with Crippen molar-refractivity contribution in [1.29, 1.82) is 0 Å². The van der Waals surface area contributed by atoms with E-state index < -0.39 is 0 Å². The molecule has 1 unspecified atom stereocenters. The first-order chi connectivity index (χ1) is 11.8. The van der Waals surface area contributed by atoms with Crippen molar-refractivity contribution in [3.8, 4) is 0 Å². The minimum Gasteiger partial charge on any atom is -0.344 e. The van der Waals surface area contributed by atoms with E-state index in [0.717, 1.165) is 19.5 Å². The van der Waals surface area contributed by atoms with E-state index in [9.17, 15) is 0 Å². The predicted octanol–water partition coefficient (Wildman–Crippen LogP) is 4.65. The molecule has 0 spiro atoms. The lowest BCUT2D eigenvalue weighted by molar-refractivity contribution is 0.207. The summed E-state index contributed by atoms with van der Waals surface area (Å²) in [6, 6.07) is 20.5. The molecule has 1 atom stereocenters.